The molecule has 3 atom stereocenters. The molecular formula is C27H28F2N6O4S2. The van der Waals surface area contributed by atoms with Gasteiger partial charge in [0.1, 0.15) is 34.1 Å². The van der Waals surface area contributed by atoms with Crippen molar-refractivity contribution in [2.45, 2.75) is 62.3 Å². The number of aliphatic hydroxyl groups is 2. The highest BCUT2D eigenvalue weighted by atomic mass is 32.2. The minimum absolute atomic E-state index is 0.00259. The molecule has 1 aromatic carbocycles. The summed E-state index contributed by atoms with van der Waals surface area (Å²) in [5, 5.41) is 29.6. The van der Waals surface area contributed by atoms with Crippen LogP contribution in [0.1, 0.15) is 37.1 Å². The Morgan fingerprint density at radius 1 is 1.07 bits per heavy atom. The fourth-order valence-electron chi connectivity index (χ4n) is 5.19. The number of rotatable bonds is 8. The van der Waals surface area contributed by atoms with Gasteiger partial charge in [0.25, 0.3) is 0 Å². The lowest BCUT2D eigenvalue weighted by molar-refractivity contribution is -0.0442. The number of halogens is 2. The summed E-state index contributed by atoms with van der Waals surface area (Å²) in [6.45, 7) is 3.67. The SMILES string of the molecule is Cc1nc(NC2CC2)nc(NC2(O)CCC(CS(=O)(=O)c3cc(F)cc(F)c3)C2O)c1-c1nc2c(C)nccc2s1. The maximum Gasteiger partial charge on any atom is 0.225 e. The molecule has 41 heavy (non-hydrogen) atoms. The van der Waals surface area contributed by atoms with Gasteiger partial charge >= 0.3 is 0 Å². The van der Waals surface area contributed by atoms with Gasteiger partial charge in [0.05, 0.1) is 32.3 Å². The van der Waals surface area contributed by atoms with E-state index in [0.717, 1.165) is 40.9 Å². The molecule has 2 fully saturated rings. The molecular weight excluding hydrogens is 574 g/mol. The first kappa shape index (κ1) is 27.8. The van der Waals surface area contributed by atoms with Crippen molar-refractivity contribution < 1.29 is 27.4 Å². The van der Waals surface area contributed by atoms with Crippen LogP contribution in [0.15, 0.2) is 35.4 Å². The van der Waals surface area contributed by atoms with Gasteiger partial charge in [-0.15, -0.1) is 11.3 Å². The molecule has 14 heteroatoms. The number of aryl methyl sites for hydroxylation is 2. The van der Waals surface area contributed by atoms with Crippen LogP contribution in [-0.4, -0.2) is 62.2 Å². The van der Waals surface area contributed by atoms with Crippen LogP contribution in [0, 0.1) is 31.4 Å². The molecule has 0 bridgehead atoms. The number of pyridine rings is 1. The van der Waals surface area contributed by atoms with Crippen LogP contribution in [0.2, 0.25) is 0 Å². The molecule has 0 saturated heterocycles. The molecule has 3 unspecified atom stereocenters. The Kier molecular flexibility index (Phi) is 6.91. The maximum absolute atomic E-state index is 13.7. The third-order valence-electron chi connectivity index (χ3n) is 7.50. The van der Waals surface area contributed by atoms with Gasteiger partial charge in [0, 0.05) is 24.2 Å². The first-order valence-electron chi connectivity index (χ1n) is 13.2. The normalized spacial score (nSPS) is 22.8. The first-order valence-corrected chi connectivity index (χ1v) is 15.6. The van der Waals surface area contributed by atoms with Gasteiger partial charge in [-0.05, 0) is 57.7 Å². The number of thiazole rings is 1. The molecule has 0 spiro atoms. The van der Waals surface area contributed by atoms with E-state index in [1.165, 1.54) is 11.3 Å². The second kappa shape index (κ2) is 10.2. The predicted octanol–water partition coefficient (Wildman–Crippen LogP) is 3.96. The third kappa shape index (κ3) is 5.48. The zero-order valence-corrected chi connectivity index (χ0v) is 23.9. The van der Waals surface area contributed by atoms with Crippen LogP contribution in [-0.2, 0) is 9.84 Å². The fourth-order valence-corrected chi connectivity index (χ4v) is 7.99. The molecule has 3 heterocycles. The molecule has 4 aromatic rings. The summed E-state index contributed by atoms with van der Waals surface area (Å²) >= 11 is 1.41. The van der Waals surface area contributed by atoms with Crippen molar-refractivity contribution in [3.05, 3.63) is 53.5 Å². The lowest BCUT2D eigenvalue weighted by Crippen LogP contribution is -2.48. The van der Waals surface area contributed by atoms with Crippen LogP contribution >= 0.6 is 11.3 Å². The minimum atomic E-state index is -4.16. The fraction of sp³-hybridized carbons (Fsp3) is 0.407. The maximum atomic E-state index is 13.7. The number of nitrogens with one attached hydrogen (secondary N) is 2. The van der Waals surface area contributed by atoms with Crippen molar-refractivity contribution in [1.29, 1.82) is 0 Å². The van der Waals surface area contributed by atoms with Gasteiger partial charge in [0.15, 0.2) is 15.6 Å². The zero-order valence-electron chi connectivity index (χ0n) is 22.2. The average Bonchev–Trinajstić information content (AvgIpc) is 3.53. The van der Waals surface area contributed by atoms with Crippen LogP contribution in [0.3, 0.4) is 0 Å². The van der Waals surface area contributed by atoms with E-state index in [4.69, 9.17) is 4.98 Å². The number of fused-ring (bicyclic) bond motifs is 1. The number of aliphatic hydroxyl groups excluding tert-OH is 1. The first-order chi connectivity index (χ1) is 19.4. The quantitative estimate of drug-likeness (QED) is 0.218. The van der Waals surface area contributed by atoms with Gasteiger partial charge in [0.2, 0.25) is 5.95 Å². The Morgan fingerprint density at radius 3 is 2.49 bits per heavy atom. The zero-order chi connectivity index (χ0) is 29.1. The van der Waals surface area contributed by atoms with Gasteiger partial charge in [-0.25, -0.2) is 27.2 Å². The molecule has 2 aliphatic rings. The lowest BCUT2D eigenvalue weighted by Gasteiger charge is -2.31. The number of nitrogens with zero attached hydrogens (tertiary/aromatic N) is 4. The number of sulfone groups is 1. The van der Waals surface area contributed by atoms with E-state index in [2.05, 4.69) is 25.6 Å². The summed E-state index contributed by atoms with van der Waals surface area (Å²) in [5.74, 6) is -2.94. The van der Waals surface area contributed by atoms with E-state index in [1.807, 2.05) is 13.0 Å². The van der Waals surface area contributed by atoms with E-state index in [9.17, 15) is 27.4 Å². The number of anilines is 2. The van der Waals surface area contributed by atoms with Crippen LogP contribution in [0.25, 0.3) is 20.8 Å². The van der Waals surface area contributed by atoms with Crippen molar-refractivity contribution in [2.75, 3.05) is 16.4 Å². The van der Waals surface area contributed by atoms with Gasteiger partial charge in [-0.2, -0.15) is 4.98 Å². The van der Waals surface area contributed by atoms with Crippen molar-refractivity contribution in [1.82, 2.24) is 19.9 Å². The molecule has 10 nitrogen and oxygen atoms in total. The Bertz CT molecular complexity index is 1740. The average molecular weight is 603 g/mol. The molecule has 6 rings (SSSR count). The molecule has 0 amide bonds. The van der Waals surface area contributed by atoms with Crippen LogP contribution in [0.4, 0.5) is 20.5 Å². The highest BCUT2D eigenvalue weighted by Gasteiger charge is 2.49. The monoisotopic (exact) mass is 602 g/mol. The smallest absolute Gasteiger partial charge is 0.225 e. The van der Waals surface area contributed by atoms with E-state index in [1.54, 1.807) is 13.1 Å². The molecule has 2 aliphatic carbocycles. The highest BCUT2D eigenvalue weighted by Crippen LogP contribution is 2.42. The van der Waals surface area contributed by atoms with Crippen molar-refractivity contribution >= 4 is 43.2 Å². The van der Waals surface area contributed by atoms with Crippen molar-refractivity contribution in [3.63, 3.8) is 0 Å². The summed E-state index contributed by atoms with van der Waals surface area (Å²) in [4.78, 5) is 17.8. The Labute approximate surface area is 238 Å². The second-order valence-electron chi connectivity index (χ2n) is 10.7. The van der Waals surface area contributed by atoms with E-state index >= 15 is 0 Å². The van der Waals surface area contributed by atoms with Crippen LogP contribution < -0.4 is 10.6 Å². The molecule has 216 valence electrons. The summed E-state index contributed by atoms with van der Waals surface area (Å²) in [5.41, 5.74) is 0.694. The number of benzene rings is 1. The Hall–Kier alpha value is -3.33. The highest BCUT2D eigenvalue weighted by molar-refractivity contribution is 7.91. The van der Waals surface area contributed by atoms with E-state index in [0.29, 0.717) is 28.3 Å². The number of aromatic nitrogens is 4. The van der Waals surface area contributed by atoms with Crippen molar-refractivity contribution in [2.24, 2.45) is 5.92 Å². The van der Waals surface area contributed by atoms with E-state index in [-0.39, 0.29) is 24.7 Å². The number of hydrogen-bond acceptors (Lipinski definition) is 11. The Morgan fingerprint density at radius 2 is 1.80 bits per heavy atom. The largest absolute Gasteiger partial charge is 0.388 e. The molecule has 2 saturated carbocycles. The van der Waals surface area contributed by atoms with Gasteiger partial charge in [-0.1, -0.05) is 0 Å². The lowest BCUT2D eigenvalue weighted by atomic mass is 10.0. The van der Waals surface area contributed by atoms with Crippen molar-refractivity contribution in [3.8, 4) is 10.6 Å². The summed E-state index contributed by atoms with van der Waals surface area (Å²) in [6, 6.07) is 4.18. The number of hydrogen-bond donors (Lipinski definition) is 4. The molecule has 0 radical (unpaired) electrons. The topological polar surface area (TPSA) is 150 Å². The summed E-state index contributed by atoms with van der Waals surface area (Å²) in [7, 11) is -4.16. The van der Waals surface area contributed by atoms with E-state index < -0.39 is 49.9 Å². The molecule has 0 aliphatic heterocycles. The Balaban J connectivity index is 1.33. The predicted molar refractivity (Wildman–Crippen MR) is 150 cm³/mol. The third-order valence-corrected chi connectivity index (χ3v) is 10.4. The molecule has 4 N–H and O–H groups in total. The van der Waals surface area contributed by atoms with Crippen LogP contribution in [0.5, 0.6) is 0 Å². The molecule has 3 aromatic heterocycles. The second-order valence-corrected chi connectivity index (χ2v) is 13.8. The summed E-state index contributed by atoms with van der Waals surface area (Å²) < 4.78 is 54.3. The van der Waals surface area contributed by atoms with Gasteiger partial charge < -0.3 is 20.8 Å². The standard InChI is InChI=1S/C27H28F2N6O4S2/c1-13-21(25-33-22-14(2)30-8-6-20(22)40-25)24(34-26(31-13)32-18-3-4-18)35-27(37)7-5-15(23(27)36)12-41(38,39)19-10-16(28)9-17(29)11-19/h6,8-11,15,18,23,36-37H,3-5,7,12H2,1-2H3,(H2,31,32,34,35). The minimum Gasteiger partial charge on any atom is -0.388 e. The summed E-state index contributed by atoms with van der Waals surface area (Å²) in [6.07, 6.45) is 2.30. The van der Waals surface area contributed by atoms with Gasteiger partial charge in [-0.3, -0.25) is 4.98 Å².